The Labute approximate surface area is 164 Å². The number of aromatic nitrogens is 3. The Bertz CT molecular complexity index is 927. The van der Waals surface area contributed by atoms with Crippen molar-refractivity contribution in [1.29, 1.82) is 0 Å². The second kappa shape index (κ2) is 8.29. The summed E-state index contributed by atoms with van der Waals surface area (Å²) in [5.41, 5.74) is 2.33. The SMILES string of the molecule is COc1ccc(C(=O)N2CCCCCC2)cc1NCc1cn2cccnc2n1. The number of amides is 1. The molecule has 3 heterocycles. The minimum Gasteiger partial charge on any atom is -0.495 e. The number of nitrogens with zero attached hydrogens (tertiary/aromatic N) is 4. The number of likely N-dealkylation sites (tertiary alicyclic amines) is 1. The number of ether oxygens (including phenoxy) is 1. The van der Waals surface area contributed by atoms with Crippen LogP contribution in [0.4, 0.5) is 5.69 Å². The first kappa shape index (κ1) is 18.3. The highest BCUT2D eigenvalue weighted by molar-refractivity contribution is 5.95. The second-order valence-corrected chi connectivity index (χ2v) is 7.03. The van der Waals surface area contributed by atoms with Gasteiger partial charge in [0.15, 0.2) is 0 Å². The molecule has 7 nitrogen and oxygen atoms in total. The molecule has 0 bridgehead atoms. The van der Waals surface area contributed by atoms with Crippen molar-refractivity contribution in [2.45, 2.75) is 32.2 Å². The minimum atomic E-state index is 0.0875. The quantitative estimate of drug-likeness (QED) is 0.736. The first-order valence-corrected chi connectivity index (χ1v) is 9.74. The number of anilines is 1. The molecule has 1 aromatic carbocycles. The molecule has 1 N–H and O–H groups in total. The van der Waals surface area contributed by atoms with E-state index in [0.29, 0.717) is 23.6 Å². The third-order valence-corrected chi connectivity index (χ3v) is 5.09. The molecule has 28 heavy (non-hydrogen) atoms. The van der Waals surface area contributed by atoms with Crippen LogP contribution in [-0.2, 0) is 6.54 Å². The normalized spacial score (nSPS) is 14.7. The Morgan fingerprint density at radius 3 is 2.79 bits per heavy atom. The Hall–Kier alpha value is -3.09. The Balaban J connectivity index is 1.52. The lowest BCUT2D eigenvalue weighted by molar-refractivity contribution is 0.0761. The molecule has 3 aromatic rings. The number of hydrogen-bond donors (Lipinski definition) is 1. The lowest BCUT2D eigenvalue weighted by Crippen LogP contribution is -2.31. The van der Waals surface area contributed by atoms with Crippen LogP contribution in [-0.4, -0.2) is 45.4 Å². The van der Waals surface area contributed by atoms with E-state index in [9.17, 15) is 4.79 Å². The third kappa shape index (κ3) is 3.93. The zero-order chi connectivity index (χ0) is 19.3. The van der Waals surface area contributed by atoms with Gasteiger partial charge in [-0.25, -0.2) is 9.97 Å². The lowest BCUT2D eigenvalue weighted by atomic mass is 10.1. The first-order chi connectivity index (χ1) is 13.7. The number of hydrogen-bond acceptors (Lipinski definition) is 5. The minimum absolute atomic E-state index is 0.0875. The standard InChI is InChI=1S/C21H25N5O2/c1-28-19-8-7-16(20(27)25-10-4-2-3-5-11-25)13-18(19)23-14-17-15-26-12-6-9-22-21(26)24-17/h6-9,12-13,15,23H,2-5,10-11,14H2,1H3. The summed E-state index contributed by atoms with van der Waals surface area (Å²) in [7, 11) is 1.63. The molecular formula is C21H25N5O2. The molecule has 2 aromatic heterocycles. The van der Waals surface area contributed by atoms with Crippen LogP contribution < -0.4 is 10.1 Å². The average molecular weight is 379 g/mol. The van der Waals surface area contributed by atoms with Gasteiger partial charge in [0.1, 0.15) is 5.75 Å². The first-order valence-electron chi connectivity index (χ1n) is 9.74. The number of benzene rings is 1. The highest BCUT2D eigenvalue weighted by Crippen LogP contribution is 2.27. The molecule has 1 amide bonds. The second-order valence-electron chi connectivity index (χ2n) is 7.03. The van der Waals surface area contributed by atoms with Gasteiger partial charge in [-0.15, -0.1) is 0 Å². The summed E-state index contributed by atoms with van der Waals surface area (Å²) >= 11 is 0. The summed E-state index contributed by atoms with van der Waals surface area (Å²) in [5, 5.41) is 3.35. The number of carbonyl (C=O) groups is 1. The van der Waals surface area contributed by atoms with Crippen molar-refractivity contribution in [3.05, 3.63) is 54.1 Å². The number of nitrogens with one attached hydrogen (secondary N) is 1. The molecule has 4 rings (SSSR count). The van der Waals surface area contributed by atoms with Crippen molar-refractivity contribution < 1.29 is 9.53 Å². The van der Waals surface area contributed by atoms with Gasteiger partial charge in [-0.1, -0.05) is 12.8 Å². The molecule has 1 fully saturated rings. The van der Waals surface area contributed by atoms with Crippen molar-refractivity contribution >= 4 is 17.4 Å². The third-order valence-electron chi connectivity index (χ3n) is 5.09. The van der Waals surface area contributed by atoms with Crippen LogP contribution in [0, 0.1) is 0 Å². The van der Waals surface area contributed by atoms with Gasteiger partial charge < -0.3 is 15.0 Å². The average Bonchev–Trinajstić information content (AvgIpc) is 2.95. The lowest BCUT2D eigenvalue weighted by Gasteiger charge is -2.21. The van der Waals surface area contributed by atoms with Crippen molar-refractivity contribution in [2.24, 2.45) is 0 Å². The van der Waals surface area contributed by atoms with Crippen LogP contribution >= 0.6 is 0 Å². The fourth-order valence-electron chi connectivity index (χ4n) is 3.59. The Kier molecular flexibility index (Phi) is 5.41. The van der Waals surface area contributed by atoms with Gasteiger partial charge in [-0.2, -0.15) is 0 Å². The van der Waals surface area contributed by atoms with Gasteiger partial charge in [0.25, 0.3) is 5.91 Å². The molecule has 146 valence electrons. The zero-order valence-corrected chi connectivity index (χ0v) is 16.1. The predicted molar refractivity (Wildman–Crippen MR) is 108 cm³/mol. The van der Waals surface area contributed by atoms with Crippen LogP contribution in [0.2, 0.25) is 0 Å². The van der Waals surface area contributed by atoms with E-state index >= 15 is 0 Å². The molecule has 0 spiro atoms. The van der Waals surface area contributed by atoms with E-state index in [2.05, 4.69) is 15.3 Å². The fourth-order valence-corrected chi connectivity index (χ4v) is 3.59. The molecule has 1 aliphatic heterocycles. The molecule has 1 saturated heterocycles. The number of rotatable bonds is 5. The maximum absolute atomic E-state index is 12.9. The van der Waals surface area contributed by atoms with E-state index in [1.54, 1.807) is 13.3 Å². The van der Waals surface area contributed by atoms with Gasteiger partial charge >= 0.3 is 0 Å². The van der Waals surface area contributed by atoms with Crippen LogP contribution in [0.25, 0.3) is 5.78 Å². The van der Waals surface area contributed by atoms with Crippen LogP contribution in [0.3, 0.4) is 0 Å². The van der Waals surface area contributed by atoms with Crippen molar-refractivity contribution in [1.82, 2.24) is 19.3 Å². The largest absolute Gasteiger partial charge is 0.495 e. The van der Waals surface area contributed by atoms with Crippen LogP contribution in [0.5, 0.6) is 5.75 Å². The summed E-state index contributed by atoms with van der Waals surface area (Å²) in [5.74, 6) is 1.45. The smallest absolute Gasteiger partial charge is 0.253 e. The highest BCUT2D eigenvalue weighted by Gasteiger charge is 2.18. The van der Waals surface area contributed by atoms with E-state index < -0.39 is 0 Å². The van der Waals surface area contributed by atoms with Gasteiger partial charge in [0.2, 0.25) is 5.78 Å². The molecule has 7 heteroatoms. The van der Waals surface area contributed by atoms with Crippen molar-refractivity contribution in [3.8, 4) is 5.75 Å². The Morgan fingerprint density at radius 2 is 2.04 bits per heavy atom. The molecule has 0 aliphatic carbocycles. The van der Waals surface area contributed by atoms with Crippen molar-refractivity contribution in [3.63, 3.8) is 0 Å². The maximum atomic E-state index is 12.9. The zero-order valence-electron chi connectivity index (χ0n) is 16.1. The molecule has 0 unspecified atom stereocenters. The van der Waals surface area contributed by atoms with E-state index in [0.717, 1.165) is 37.3 Å². The Morgan fingerprint density at radius 1 is 1.21 bits per heavy atom. The summed E-state index contributed by atoms with van der Waals surface area (Å²) in [6.07, 6.45) is 10.1. The van der Waals surface area contributed by atoms with Gasteiger partial charge in [0.05, 0.1) is 25.0 Å². The summed E-state index contributed by atoms with van der Waals surface area (Å²) in [6.45, 7) is 2.19. The van der Waals surface area contributed by atoms with Gasteiger partial charge in [-0.3, -0.25) is 9.20 Å². The van der Waals surface area contributed by atoms with Gasteiger partial charge in [-0.05, 0) is 37.1 Å². The number of methoxy groups -OCH3 is 1. The molecular weight excluding hydrogens is 354 g/mol. The van der Waals surface area contributed by atoms with E-state index in [1.807, 2.05) is 46.0 Å². The fraction of sp³-hybridized carbons (Fsp3) is 0.381. The predicted octanol–water partition coefficient (Wildman–Crippen LogP) is 3.37. The summed E-state index contributed by atoms with van der Waals surface area (Å²) < 4.78 is 7.35. The molecule has 0 atom stereocenters. The van der Waals surface area contributed by atoms with E-state index in [-0.39, 0.29) is 5.91 Å². The number of fused-ring (bicyclic) bond motifs is 1. The maximum Gasteiger partial charge on any atom is 0.253 e. The van der Waals surface area contributed by atoms with Crippen LogP contribution in [0.15, 0.2) is 42.9 Å². The topological polar surface area (TPSA) is 71.8 Å². The van der Waals surface area contributed by atoms with Crippen LogP contribution in [0.1, 0.15) is 41.7 Å². The molecule has 0 saturated carbocycles. The van der Waals surface area contributed by atoms with E-state index in [4.69, 9.17) is 4.74 Å². The molecule has 1 aliphatic rings. The van der Waals surface area contributed by atoms with Crippen molar-refractivity contribution in [2.75, 3.05) is 25.5 Å². The molecule has 0 radical (unpaired) electrons. The summed E-state index contributed by atoms with van der Waals surface area (Å²) in [4.78, 5) is 23.6. The van der Waals surface area contributed by atoms with E-state index in [1.165, 1.54) is 12.8 Å². The summed E-state index contributed by atoms with van der Waals surface area (Å²) in [6, 6.07) is 7.43. The number of carbonyl (C=O) groups excluding carboxylic acids is 1. The monoisotopic (exact) mass is 379 g/mol. The highest BCUT2D eigenvalue weighted by atomic mass is 16.5. The van der Waals surface area contributed by atoms with Gasteiger partial charge in [0, 0.05) is 37.2 Å². The number of imidazole rings is 1.